The molecule has 1 atom stereocenters. The van der Waals surface area contributed by atoms with Gasteiger partial charge in [0.2, 0.25) is 0 Å². The van der Waals surface area contributed by atoms with Crippen LogP contribution in [0.15, 0.2) is 24.3 Å². The van der Waals surface area contributed by atoms with Crippen molar-refractivity contribution in [3.05, 3.63) is 35.6 Å². The zero-order valence-corrected chi connectivity index (χ0v) is 14.2. The molecule has 0 saturated heterocycles. The molecule has 0 bridgehead atoms. The number of methoxy groups -OCH3 is 1. The van der Waals surface area contributed by atoms with Crippen molar-refractivity contribution in [2.45, 2.75) is 18.9 Å². The Morgan fingerprint density at radius 1 is 1.15 bits per heavy atom. The highest BCUT2D eigenvalue weighted by Gasteiger charge is 2.28. The minimum atomic E-state index is -0.599. The van der Waals surface area contributed by atoms with Gasteiger partial charge in [-0.25, -0.2) is 4.39 Å². The second-order valence-electron chi connectivity index (χ2n) is 4.65. The number of alkyl halides is 1. The minimum Gasteiger partial charge on any atom is -0.382 e. The molecule has 0 saturated carbocycles. The first kappa shape index (κ1) is 17.8. The van der Waals surface area contributed by atoms with Gasteiger partial charge in [-0.1, -0.05) is 40.8 Å². The van der Waals surface area contributed by atoms with Crippen LogP contribution in [0.1, 0.15) is 18.9 Å². The molecule has 0 spiro atoms. The Morgan fingerprint density at radius 2 is 1.90 bits per heavy atom. The highest BCUT2D eigenvalue weighted by atomic mass is 127. The molecule has 0 amide bonds. The van der Waals surface area contributed by atoms with Gasteiger partial charge >= 0.3 is 0 Å². The number of hydrogen-bond acceptors (Lipinski definition) is 3. The summed E-state index contributed by atoms with van der Waals surface area (Å²) in [6.07, 6.45) is 0.782. The third-order valence-corrected chi connectivity index (χ3v) is 4.44. The van der Waals surface area contributed by atoms with Crippen molar-refractivity contribution in [3.63, 3.8) is 0 Å². The summed E-state index contributed by atoms with van der Waals surface area (Å²) in [6, 6.07) is 6.77. The van der Waals surface area contributed by atoms with Gasteiger partial charge in [-0.3, -0.25) is 0 Å². The molecule has 3 nitrogen and oxygen atoms in total. The molecule has 0 radical (unpaired) electrons. The lowest BCUT2D eigenvalue weighted by Crippen LogP contribution is -2.29. The fourth-order valence-electron chi connectivity index (χ4n) is 1.78. The fourth-order valence-corrected chi connectivity index (χ4v) is 2.41. The summed E-state index contributed by atoms with van der Waals surface area (Å²) < 4.78 is 30.7. The molecule has 0 aliphatic carbocycles. The predicted octanol–water partition coefficient (Wildman–Crippen LogP) is 3.55. The first-order valence-electron chi connectivity index (χ1n) is 6.65. The van der Waals surface area contributed by atoms with Crippen LogP contribution in [-0.2, 0) is 19.8 Å². The first-order chi connectivity index (χ1) is 9.64. The molecule has 5 heteroatoms. The van der Waals surface area contributed by atoms with Crippen LogP contribution in [0.2, 0.25) is 0 Å². The highest BCUT2D eigenvalue weighted by molar-refractivity contribution is 14.1. The third-order valence-electron chi connectivity index (χ3n) is 2.98. The SMILES string of the molecule is COCCOCCCOC(C)(CI)c1ccccc1F. The number of hydrogen-bond donors (Lipinski definition) is 0. The maximum absolute atomic E-state index is 13.9. The van der Waals surface area contributed by atoms with Gasteiger partial charge in [0.1, 0.15) is 11.4 Å². The van der Waals surface area contributed by atoms with Crippen molar-refractivity contribution in [1.29, 1.82) is 0 Å². The topological polar surface area (TPSA) is 27.7 Å². The van der Waals surface area contributed by atoms with E-state index >= 15 is 0 Å². The Balaban J connectivity index is 2.40. The van der Waals surface area contributed by atoms with Crippen molar-refractivity contribution >= 4 is 22.6 Å². The first-order valence-corrected chi connectivity index (χ1v) is 8.18. The van der Waals surface area contributed by atoms with Gasteiger partial charge in [-0.2, -0.15) is 0 Å². The summed E-state index contributed by atoms with van der Waals surface area (Å²) >= 11 is 2.23. The van der Waals surface area contributed by atoms with Crippen molar-refractivity contribution in [3.8, 4) is 0 Å². The standard InChI is InChI=1S/C15H22FIO3/c1-15(12-17,13-6-3-4-7-14(13)16)20-9-5-8-19-11-10-18-2/h3-4,6-7H,5,8-12H2,1-2H3. The van der Waals surface area contributed by atoms with Crippen molar-refractivity contribution < 1.29 is 18.6 Å². The largest absolute Gasteiger partial charge is 0.382 e. The molecular formula is C15H22FIO3. The maximum Gasteiger partial charge on any atom is 0.129 e. The van der Waals surface area contributed by atoms with Crippen LogP contribution < -0.4 is 0 Å². The Morgan fingerprint density at radius 3 is 2.55 bits per heavy atom. The average Bonchev–Trinajstić information content (AvgIpc) is 2.46. The molecule has 1 aromatic carbocycles. The molecule has 1 rings (SSSR count). The van der Waals surface area contributed by atoms with Crippen LogP contribution in [0, 0.1) is 5.82 Å². The van der Waals surface area contributed by atoms with E-state index in [-0.39, 0.29) is 5.82 Å². The lowest BCUT2D eigenvalue weighted by molar-refractivity contribution is -0.0295. The summed E-state index contributed by atoms with van der Waals surface area (Å²) in [5, 5.41) is 0. The van der Waals surface area contributed by atoms with Gasteiger partial charge in [0.15, 0.2) is 0 Å². The van der Waals surface area contributed by atoms with Crippen LogP contribution >= 0.6 is 22.6 Å². The Bertz CT molecular complexity index is 389. The van der Waals surface area contributed by atoms with Crippen LogP contribution in [-0.4, -0.2) is 38.0 Å². The molecule has 0 aromatic heterocycles. The smallest absolute Gasteiger partial charge is 0.129 e. The molecule has 114 valence electrons. The lowest BCUT2D eigenvalue weighted by atomic mass is 9.97. The monoisotopic (exact) mass is 396 g/mol. The van der Waals surface area contributed by atoms with E-state index in [4.69, 9.17) is 14.2 Å². The van der Waals surface area contributed by atoms with Crippen molar-refractivity contribution in [2.75, 3.05) is 38.0 Å². The summed E-state index contributed by atoms with van der Waals surface area (Å²) in [5.74, 6) is -0.219. The summed E-state index contributed by atoms with van der Waals surface area (Å²) in [4.78, 5) is 0. The van der Waals surface area contributed by atoms with E-state index in [2.05, 4.69) is 22.6 Å². The Hall–Kier alpha value is -0.240. The normalized spacial score (nSPS) is 14.2. The van der Waals surface area contributed by atoms with E-state index in [1.54, 1.807) is 19.2 Å². The van der Waals surface area contributed by atoms with E-state index in [9.17, 15) is 4.39 Å². The molecule has 1 aromatic rings. The molecule has 20 heavy (non-hydrogen) atoms. The quantitative estimate of drug-likeness (QED) is 0.344. The molecule has 0 aliphatic heterocycles. The van der Waals surface area contributed by atoms with Crippen LogP contribution in [0.5, 0.6) is 0 Å². The summed E-state index contributed by atoms with van der Waals surface area (Å²) in [6.45, 7) is 4.28. The van der Waals surface area contributed by atoms with E-state index in [0.29, 0.717) is 36.4 Å². The fraction of sp³-hybridized carbons (Fsp3) is 0.600. The van der Waals surface area contributed by atoms with E-state index in [1.807, 2.05) is 13.0 Å². The number of ether oxygens (including phenoxy) is 3. The van der Waals surface area contributed by atoms with Gasteiger partial charge in [0, 0.05) is 30.3 Å². The van der Waals surface area contributed by atoms with Crippen LogP contribution in [0.25, 0.3) is 0 Å². The van der Waals surface area contributed by atoms with Gasteiger partial charge in [-0.15, -0.1) is 0 Å². The summed E-state index contributed by atoms with van der Waals surface area (Å²) in [7, 11) is 1.65. The molecule has 0 aliphatic rings. The second kappa shape index (κ2) is 9.65. The average molecular weight is 396 g/mol. The van der Waals surface area contributed by atoms with Gasteiger partial charge < -0.3 is 14.2 Å². The second-order valence-corrected chi connectivity index (χ2v) is 5.41. The molecule has 0 heterocycles. The molecule has 0 fully saturated rings. The Kier molecular flexibility index (Phi) is 8.60. The van der Waals surface area contributed by atoms with Crippen LogP contribution in [0.4, 0.5) is 4.39 Å². The van der Waals surface area contributed by atoms with E-state index in [0.717, 1.165) is 6.42 Å². The predicted molar refractivity (Wildman–Crippen MR) is 85.9 cm³/mol. The number of benzene rings is 1. The van der Waals surface area contributed by atoms with Crippen LogP contribution in [0.3, 0.4) is 0 Å². The highest BCUT2D eigenvalue weighted by Crippen LogP contribution is 2.29. The van der Waals surface area contributed by atoms with Gasteiger partial charge in [-0.05, 0) is 19.4 Å². The summed E-state index contributed by atoms with van der Waals surface area (Å²) in [5.41, 5.74) is 0.00743. The lowest BCUT2D eigenvalue weighted by Gasteiger charge is -2.29. The minimum absolute atomic E-state index is 0.219. The van der Waals surface area contributed by atoms with E-state index < -0.39 is 5.60 Å². The zero-order valence-electron chi connectivity index (χ0n) is 12.0. The molecule has 1 unspecified atom stereocenters. The van der Waals surface area contributed by atoms with Crippen molar-refractivity contribution in [2.24, 2.45) is 0 Å². The van der Waals surface area contributed by atoms with E-state index in [1.165, 1.54) is 6.07 Å². The maximum atomic E-state index is 13.9. The zero-order chi connectivity index (χ0) is 14.8. The third kappa shape index (κ3) is 5.63. The number of halogens is 2. The molecule has 0 N–H and O–H groups in total. The van der Waals surface area contributed by atoms with Gasteiger partial charge in [0.05, 0.1) is 13.2 Å². The van der Waals surface area contributed by atoms with Gasteiger partial charge in [0.25, 0.3) is 0 Å². The molecular weight excluding hydrogens is 374 g/mol. The number of rotatable bonds is 10. The Labute approximate surface area is 133 Å². The van der Waals surface area contributed by atoms with Crippen molar-refractivity contribution in [1.82, 2.24) is 0 Å².